The monoisotopic (exact) mass is 317 g/mol. The molecule has 0 saturated heterocycles. The summed E-state index contributed by atoms with van der Waals surface area (Å²) in [7, 11) is 0. The predicted molar refractivity (Wildman–Crippen MR) is 42.3 cm³/mol. The van der Waals surface area contributed by atoms with Gasteiger partial charge in [-0.25, -0.2) is 0 Å². The van der Waals surface area contributed by atoms with Gasteiger partial charge in [0.25, 0.3) is 0 Å². The quantitative estimate of drug-likeness (QED) is 0.765. The number of furan rings is 1. The molecule has 58 valence electrons. The fraction of sp³-hybridized carbons (Fsp3) is 0.111. The van der Waals surface area contributed by atoms with E-state index in [4.69, 9.17) is 4.42 Å². The normalized spacial score (nSPS) is 9.55. The second-order valence-corrected chi connectivity index (χ2v) is 1.89. The molecule has 1 nitrogen and oxygen atoms in total. The first kappa shape index (κ1) is 10.4. The van der Waals surface area contributed by atoms with Crippen LogP contribution >= 0.6 is 0 Å². The summed E-state index contributed by atoms with van der Waals surface area (Å²) in [6.07, 6.45) is 8.18. The Morgan fingerprint density at radius 1 is 1.64 bits per heavy atom. The Kier molecular flexibility index (Phi) is 4.89. The minimum Gasteiger partial charge on any atom is -0.591 e. The van der Waals surface area contributed by atoms with E-state index in [2.05, 4.69) is 12.8 Å². The van der Waals surface area contributed by atoms with E-state index in [0.29, 0.717) is 0 Å². The summed E-state index contributed by atoms with van der Waals surface area (Å²) in [6, 6.07) is 1.77. The molecule has 0 spiro atoms. The minimum absolute atomic E-state index is 0. The molecule has 0 aromatic carbocycles. The van der Waals surface area contributed by atoms with Crippen molar-refractivity contribution in [2.24, 2.45) is 0 Å². The Bertz CT molecular complexity index is 248. The van der Waals surface area contributed by atoms with E-state index in [-0.39, 0.29) is 21.1 Å². The maximum absolute atomic E-state index is 5.01. The average molecular weight is 317 g/mol. The minimum atomic E-state index is 0. The van der Waals surface area contributed by atoms with Gasteiger partial charge in [0.2, 0.25) is 0 Å². The fourth-order valence-corrected chi connectivity index (χ4v) is 0.728. The molecule has 0 amide bonds. The zero-order valence-corrected chi connectivity index (χ0v) is 9.27. The van der Waals surface area contributed by atoms with Gasteiger partial charge in [-0.3, -0.25) is 0 Å². The van der Waals surface area contributed by atoms with Crippen molar-refractivity contribution in [3.63, 3.8) is 0 Å². The van der Waals surface area contributed by atoms with E-state index in [9.17, 15) is 0 Å². The van der Waals surface area contributed by atoms with Gasteiger partial charge in [-0.15, -0.1) is 24.3 Å². The Morgan fingerprint density at radius 2 is 2.36 bits per heavy atom. The Labute approximate surface area is 81.1 Å². The molecule has 1 heterocycles. The standard InChI is InChI=1S/C9H9O.W/c1-3-5-9-8(4-2)6-7-10-9;/h3-6H,2H2,1H3;/q-1;/b5-3-;. The summed E-state index contributed by atoms with van der Waals surface area (Å²) in [4.78, 5) is 0. The Morgan fingerprint density at radius 3 is 2.91 bits per heavy atom. The molecule has 1 aromatic rings. The Hall–Kier alpha value is -0.552. The van der Waals surface area contributed by atoms with Crippen molar-refractivity contribution < 1.29 is 25.5 Å². The van der Waals surface area contributed by atoms with Crippen molar-refractivity contribution in [2.45, 2.75) is 6.92 Å². The molecule has 0 radical (unpaired) electrons. The van der Waals surface area contributed by atoms with Crippen molar-refractivity contribution in [3.8, 4) is 0 Å². The molecule has 0 aliphatic rings. The number of rotatable bonds is 2. The molecular weight excluding hydrogens is 308 g/mol. The zero-order chi connectivity index (χ0) is 7.40. The topological polar surface area (TPSA) is 13.1 Å². The molecule has 0 aliphatic carbocycles. The van der Waals surface area contributed by atoms with Crippen LogP contribution in [-0.4, -0.2) is 0 Å². The van der Waals surface area contributed by atoms with Gasteiger partial charge < -0.3 is 4.42 Å². The molecule has 0 bridgehead atoms. The SMILES string of the molecule is C=Cc1c[c-]oc1/C=C\C.[W]. The first-order valence-corrected chi connectivity index (χ1v) is 3.13. The summed E-state index contributed by atoms with van der Waals surface area (Å²) in [5, 5.41) is 0. The van der Waals surface area contributed by atoms with Gasteiger partial charge in [0.1, 0.15) is 0 Å². The third-order valence-electron chi connectivity index (χ3n) is 1.21. The molecule has 0 N–H and O–H groups in total. The molecule has 0 saturated carbocycles. The maximum atomic E-state index is 5.01. The van der Waals surface area contributed by atoms with E-state index in [0.717, 1.165) is 11.3 Å². The van der Waals surface area contributed by atoms with Crippen LogP contribution < -0.4 is 0 Å². The number of allylic oxidation sites excluding steroid dienone is 1. The molecule has 1 rings (SSSR count). The van der Waals surface area contributed by atoms with Gasteiger partial charge in [-0.05, 0) is 18.9 Å². The van der Waals surface area contributed by atoms with Crippen LogP contribution in [0.3, 0.4) is 0 Å². The third-order valence-corrected chi connectivity index (χ3v) is 1.21. The molecule has 0 unspecified atom stereocenters. The average Bonchev–Trinajstić information content (AvgIpc) is 2.36. The number of hydrogen-bond acceptors (Lipinski definition) is 1. The second kappa shape index (κ2) is 5.15. The molecule has 1 aromatic heterocycles. The fourth-order valence-electron chi connectivity index (χ4n) is 0.728. The predicted octanol–water partition coefficient (Wildman–Crippen LogP) is 2.75. The van der Waals surface area contributed by atoms with Crippen LogP contribution in [0.25, 0.3) is 12.2 Å². The summed E-state index contributed by atoms with van der Waals surface area (Å²) < 4.78 is 5.01. The second-order valence-electron chi connectivity index (χ2n) is 1.89. The molecule has 2 heteroatoms. The van der Waals surface area contributed by atoms with E-state index in [1.54, 1.807) is 12.1 Å². The van der Waals surface area contributed by atoms with Gasteiger partial charge >= 0.3 is 0 Å². The smallest absolute Gasteiger partial charge is 0 e. The maximum Gasteiger partial charge on any atom is 0 e. The van der Waals surface area contributed by atoms with Crippen LogP contribution in [0.1, 0.15) is 18.2 Å². The zero-order valence-electron chi connectivity index (χ0n) is 6.33. The van der Waals surface area contributed by atoms with Gasteiger partial charge in [0, 0.05) is 21.1 Å². The van der Waals surface area contributed by atoms with Gasteiger partial charge in [0.15, 0.2) is 0 Å². The molecule has 0 aliphatic heterocycles. The first-order valence-electron chi connectivity index (χ1n) is 3.13. The summed E-state index contributed by atoms with van der Waals surface area (Å²) >= 11 is 0. The van der Waals surface area contributed by atoms with Crippen LogP contribution in [0.5, 0.6) is 0 Å². The molecule has 0 atom stereocenters. The van der Waals surface area contributed by atoms with Crippen molar-refractivity contribution in [3.05, 3.63) is 36.3 Å². The van der Waals surface area contributed by atoms with E-state index < -0.39 is 0 Å². The Balaban J connectivity index is 0.000001000. The van der Waals surface area contributed by atoms with E-state index in [1.807, 2.05) is 19.1 Å². The van der Waals surface area contributed by atoms with Gasteiger partial charge in [0.05, 0.1) is 0 Å². The van der Waals surface area contributed by atoms with Gasteiger partial charge in [-0.2, -0.15) is 0 Å². The molecule has 11 heavy (non-hydrogen) atoms. The third kappa shape index (κ3) is 2.51. The van der Waals surface area contributed by atoms with Crippen LogP contribution in [0.2, 0.25) is 0 Å². The van der Waals surface area contributed by atoms with Crippen LogP contribution in [0.15, 0.2) is 23.1 Å². The van der Waals surface area contributed by atoms with Crippen molar-refractivity contribution in [1.82, 2.24) is 0 Å². The largest absolute Gasteiger partial charge is 0.591 e. The first-order chi connectivity index (χ1) is 4.88. The van der Waals surface area contributed by atoms with Crippen molar-refractivity contribution in [2.75, 3.05) is 0 Å². The number of hydrogen-bond donors (Lipinski definition) is 0. The molecular formula is C9H9OW-. The van der Waals surface area contributed by atoms with Crippen molar-refractivity contribution >= 4 is 12.2 Å². The summed E-state index contributed by atoms with van der Waals surface area (Å²) in [6.45, 7) is 5.57. The van der Waals surface area contributed by atoms with Gasteiger partial charge in [-0.1, -0.05) is 12.2 Å². The summed E-state index contributed by atoms with van der Waals surface area (Å²) in [5.74, 6) is 0.817. The van der Waals surface area contributed by atoms with E-state index in [1.165, 1.54) is 0 Å². The van der Waals surface area contributed by atoms with Crippen LogP contribution in [0, 0.1) is 6.26 Å². The van der Waals surface area contributed by atoms with Crippen LogP contribution in [-0.2, 0) is 21.1 Å². The molecule has 0 fully saturated rings. The van der Waals surface area contributed by atoms with E-state index >= 15 is 0 Å². The summed E-state index contributed by atoms with van der Waals surface area (Å²) in [5.41, 5.74) is 0.984. The van der Waals surface area contributed by atoms with Crippen LogP contribution in [0.4, 0.5) is 0 Å². The van der Waals surface area contributed by atoms with Crippen molar-refractivity contribution in [1.29, 1.82) is 0 Å².